The van der Waals surface area contributed by atoms with E-state index in [2.05, 4.69) is 53.2 Å². The Balaban J connectivity index is 1.37. The molecule has 0 spiro atoms. The molecule has 0 aliphatic carbocycles. The van der Waals surface area contributed by atoms with Gasteiger partial charge in [0.05, 0.1) is 15.8 Å². The molecule has 5 rings (SSSR count). The van der Waals surface area contributed by atoms with Crippen LogP contribution in [0.1, 0.15) is 18.4 Å². The summed E-state index contributed by atoms with van der Waals surface area (Å²) in [5, 5.41) is 4.87. The topological polar surface area (TPSA) is 77.2 Å². The first kappa shape index (κ1) is 20.7. The number of aromatic nitrogens is 3. The molecule has 162 valence electrons. The van der Waals surface area contributed by atoms with Crippen LogP contribution >= 0.6 is 27.5 Å². The number of carbonyl (C=O) groups excluding carboxylic acids is 1. The molecule has 31 heavy (non-hydrogen) atoms. The van der Waals surface area contributed by atoms with Crippen molar-refractivity contribution in [1.29, 1.82) is 0 Å². The summed E-state index contributed by atoms with van der Waals surface area (Å²) >= 11 is 9.88. The molecule has 0 saturated carbocycles. The maximum Gasteiger partial charge on any atom is 0.233 e. The standard InChI is InChI=1S/C22H24BrClN6O/c23-16-3-1-15(2-4-16)22(5-7-25-8-6-22)21(31)30-11-9-29(10-12-30)20-18-17(24)13-26-19(18)27-14-28-20/h1-4,13-14,25H,5-12H2,(H,26,27,28). The minimum absolute atomic E-state index is 0.239. The summed E-state index contributed by atoms with van der Waals surface area (Å²) < 4.78 is 1.03. The number of rotatable bonds is 3. The fraction of sp³-hybridized carbons (Fsp3) is 0.409. The molecule has 2 aromatic heterocycles. The summed E-state index contributed by atoms with van der Waals surface area (Å²) in [4.78, 5) is 29.9. The minimum atomic E-state index is -0.458. The zero-order valence-electron chi connectivity index (χ0n) is 17.1. The van der Waals surface area contributed by atoms with Crippen molar-refractivity contribution in [3.05, 3.63) is 51.8 Å². The molecule has 0 bridgehead atoms. The van der Waals surface area contributed by atoms with Crippen LogP contribution in [0.4, 0.5) is 5.82 Å². The van der Waals surface area contributed by atoms with Gasteiger partial charge in [-0.1, -0.05) is 39.7 Å². The second-order valence-corrected chi connectivity index (χ2v) is 9.50. The number of halogens is 2. The molecule has 2 aliphatic rings. The molecule has 1 aromatic carbocycles. The van der Waals surface area contributed by atoms with Crippen LogP contribution in [0, 0.1) is 0 Å². The Morgan fingerprint density at radius 1 is 1.06 bits per heavy atom. The van der Waals surface area contributed by atoms with E-state index in [1.807, 2.05) is 17.0 Å². The highest BCUT2D eigenvalue weighted by Gasteiger charge is 2.44. The van der Waals surface area contributed by atoms with E-state index in [9.17, 15) is 4.79 Å². The molecule has 0 radical (unpaired) electrons. The van der Waals surface area contributed by atoms with Crippen molar-refractivity contribution >= 4 is 50.3 Å². The van der Waals surface area contributed by atoms with Crippen LogP contribution in [-0.4, -0.2) is 65.0 Å². The molecule has 2 saturated heterocycles. The summed E-state index contributed by atoms with van der Waals surface area (Å²) in [7, 11) is 0. The molecule has 9 heteroatoms. The Hall–Kier alpha value is -2.16. The van der Waals surface area contributed by atoms with Crippen LogP contribution in [0.15, 0.2) is 41.3 Å². The van der Waals surface area contributed by atoms with Crippen LogP contribution in [-0.2, 0) is 10.2 Å². The van der Waals surface area contributed by atoms with Crippen LogP contribution in [0.5, 0.6) is 0 Å². The average molecular weight is 504 g/mol. The Labute approximate surface area is 194 Å². The highest BCUT2D eigenvalue weighted by molar-refractivity contribution is 9.10. The second kappa shape index (κ2) is 8.41. The summed E-state index contributed by atoms with van der Waals surface area (Å²) in [5.74, 6) is 1.07. The zero-order chi connectivity index (χ0) is 21.4. The first-order valence-corrected chi connectivity index (χ1v) is 11.7. The van der Waals surface area contributed by atoms with Crippen molar-refractivity contribution in [2.75, 3.05) is 44.2 Å². The van der Waals surface area contributed by atoms with Crippen molar-refractivity contribution in [1.82, 2.24) is 25.2 Å². The van der Waals surface area contributed by atoms with E-state index in [4.69, 9.17) is 11.6 Å². The number of hydrogen-bond acceptors (Lipinski definition) is 5. The van der Waals surface area contributed by atoms with Gasteiger partial charge in [0.25, 0.3) is 0 Å². The third kappa shape index (κ3) is 3.70. The summed E-state index contributed by atoms with van der Waals surface area (Å²) in [6.07, 6.45) is 4.93. The van der Waals surface area contributed by atoms with E-state index in [1.165, 1.54) is 0 Å². The van der Waals surface area contributed by atoms with E-state index >= 15 is 0 Å². The number of anilines is 1. The lowest BCUT2D eigenvalue weighted by molar-refractivity contribution is -0.139. The predicted molar refractivity (Wildman–Crippen MR) is 126 cm³/mol. The second-order valence-electron chi connectivity index (χ2n) is 8.18. The van der Waals surface area contributed by atoms with Gasteiger partial charge in [-0.25, -0.2) is 9.97 Å². The lowest BCUT2D eigenvalue weighted by Crippen LogP contribution is -2.57. The van der Waals surface area contributed by atoms with Crippen molar-refractivity contribution in [2.45, 2.75) is 18.3 Å². The maximum atomic E-state index is 13.8. The molecule has 3 aromatic rings. The van der Waals surface area contributed by atoms with E-state index in [0.29, 0.717) is 31.2 Å². The molecule has 0 atom stereocenters. The quantitative estimate of drug-likeness (QED) is 0.573. The third-order valence-electron chi connectivity index (χ3n) is 6.53. The number of carbonyl (C=O) groups is 1. The van der Waals surface area contributed by atoms with Crippen molar-refractivity contribution in [3.63, 3.8) is 0 Å². The predicted octanol–water partition coefficient (Wildman–Crippen LogP) is 3.34. The highest BCUT2D eigenvalue weighted by Crippen LogP contribution is 2.37. The summed E-state index contributed by atoms with van der Waals surface area (Å²) in [6, 6.07) is 8.25. The summed E-state index contributed by atoms with van der Waals surface area (Å²) in [5.41, 5.74) is 1.39. The highest BCUT2D eigenvalue weighted by atomic mass is 79.9. The van der Waals surface area contributed by atoms with Crippen LogP contribution in [0.3, 0.4) is 0 Å². The first-order chi connectivity index (χ1) is 15.1. The number of hydrogen-bond donors (Lipinski definition) is 2. The zero-order valence-corrected chi connectivity index (χ0v) is 19.4. The fourth-order valence-electron chi connectivity index (χ4n) is 4.82. The third-order valence-corrected chi connectivity index (χ3v) is 7.36. The van der Waals surface area contributed by atoms with E-state index in [1.54, 1.807) is 12.5 Å². The first-order valence-electron chi connectivity index (χ1n) is 10.6. The maximum absolute atomic E-state index is 13.8. The molecular weight excluding hydrogens is 480 g/mol. The van der Waals surface area contributed by atoms with Gasteiger partial charge in [-0.3, -0.25) is 4.79 Å². The average Bonchev–Trinajstić information content (AvgIpc) is 3.21. The number of fused-ring (bicyclic) bond motifs is 1. The van der Waals surface area contributed by atoms with Gasteiger partial charge < -0.3 is 20.1 Å². The van der Waals surface area contributed by atoms with Gasteiger partial charge in [0.1, 0.15) is 17.8 Å². The van der Waals surface area contributed by atoms with Gasteiger partial charge >= 0.3 is 0 Å². The van der Waals surface area contributed by atoms with Crippen LogP contribution < -0.4 is 10.2 Å². The number of piperazine rings is 1. The monoisotopic (exact) mass is 502 g/mol. The van der Waals surface area contributed by atoms with Gasteiger partial charge in [0, 0.05) is 36.8 Å². The molecule has 4 heterocycles. The number of piperidine rings is 1. The molecule has 2 aliphatic heterocycles. The van der Waals surface area contributed by atoms with Gasteiger partial charge in [-0.05, 0) is 43.6 Å². The number of H-pyrrole nitrogens is 1. The van der Waals surface area contributed by atoms with Crippen LogP contribution in [0.2, 0.25) is 5.02 Å². The van der Waals surface area contributed by atoms with Gasteiger partial charge in [0.15, 0.2) is 0 Å². The van der Waals surface area contributed by atoms with Crippen molar-refractivity contribution in [2.24, 2.45) is 0 Å². The molecule has 2 fully saturated rings. The minimum Gasteiger partial charge on any atom is -0.352 e. The largest absolute Gasteiger partial charge is 0.352 e. The summed E-state index contributed by atoms with van der Waals surface area (Å²) in [6.45, 7) is 4.47. The lowest BCUT2D eigenvalue weighted by Gasteiger charge is -2.43. The molecule has 0 unspecified atom stereocenters. The Morgan fingerprint density at radius 3 is 2.48 bits per heavy atom. The van der Waals surface area contributed by atoms with E-state index < -0.39 is 5.41 Å². The SMILES string of the molecule is O=C(N1CCN(c2ncnc3[nH]cc(Cl)c23)CC1)C1(c2ccc(Br)cc2)CCNCC1. The Bertz CT molecular complexity index is 1090. The molecule has 2 N–H and O–H groups in total. The van der Waals surface area contributed by atoms with E-state index in [0.717, 1.165) is 52.8 Å². The smallest absolute Gasteiger partial charge is 0.233 e. The lowest BCUT2D eigenvalue weighted by atomic mass is 9.72. The van der Waals surface area contributed by atoms with Gasteiger partial charge in [-0.2, -0.15) is 0 Å². The van der Waals surface area contributed by atoms with Crippen molar-refractivity contribution in [3.8, 4) is 0 Å². The number of nitrogens with one attached hydrogen (secondary N) is 2. The van der Waals surface area contributed by atoms with Gasteiger partial charge in [-0.15, -0.1) is 0 Å². The number of aromatic amines is 1. The van der Waals surface area contributed by atoms with Crippen molar-refractivity contribution < 1.29 is 4.79 Å². The Morgan fingerprint density at radius 2 is 1.77 bits per heavy atom. The molecule has 1 amide bonds. The van der Waals surface area contributed by atoms with Gasteiger partial charge in [0.2, 0.25) is 5.91 Å². The number of nitrogens with zero attached hydrogens (tertiary/aromatic N) is 4. The normalized spacial score (nSPS) is 19.0. The van der Waals surface area contributed by atoms with Crippen LogP contribution in [0.25, 0.3) is 11.0 Å². The molecule has 7 nitrogen and oxygen atoms in total. The number of benzene rings is 1. The fourth-order valence-corrected chi connectivity index (χ4v) is 5.31. The number of amides is 1. The van der Waals surface area contributed by atoms with E-state index in [-0.39, 0.29) is 5.91 Å². The molecular formula is C22H24BrClN6O. The Kier molecular flexibility index (Phi) is 5.62.